The van der Waals surface area contributed by atoms with E-state index in [1.807, 2.05) is 6.07 Å². The predicted molar refractivity (Wildman–Crippen MR) is 61.6 cm³/mol. The second kappa shape index (κ2) is 5.53. The molecule has 0 saturated heterocycles. The molecule has 5 heteroatoms. The van der Waals surface area contributed by atoms with Crippen molar-refractivity contribution in [3.05, 3.63) is 33.8 Å². The van der Waals surface area contributed by atoms with Crippen LogP contribution in [-0.4, -0.2) is 19.6 Å². The van der Waals surface area contributed by atoms with Crippen molar-refractivity contribution >= 4 is 42.8 Å². The SMILES string of the molecule is CC(C#N)[Se]C(=O)c1ccc(Cl)c(Cl)c1. The van der Waals surface area contributed by atoms with E-state index in [4.69, 9.17) is 28.5 Å². The topological polar surface area (TPSA) is 40.9 Å². The van der Waals surface area contributed by atoms with Crippen LogP contribution in [0.15, 0.2) is 18.2 Å². The molecule has 1 rings (SSSR count). The molecule has 0 fully saturated rings. The van der Waals surface area contributed by atoms with Crippen molar-refractivity contribution in [1.29, 1.82) is 5.26 Å². The number of benzene rings is 1. The van der Waals surface area contributed by atoms with Crippen LogP contribution in [0.4, 0.5) is 0 Å². The zero-order valence-electron chi connectivity index (χ0n) is 7.83. The van der Waals surface area contributed by atoms with Gasteiger partial charge in [-0.15, -0.1) is 0 Å². The van der Waals surface area contributed by atoms with Crippen LogP contribution in [0, 0.1) is 11.3 Å². The summed E-state index contributed by atoms with van der Waals surface area (Å²) in [4.78, 5) is 11.4. The van der Waals surface area contributed by atoms with Crippen molar-refractivity contribution in [2.24, 2.45) is 0 Å². The zero-order chi connectivity index (χ0) is 11.4. The van der Waals surface area contributed by atoms with E-state index in [1.54, 1.807) is 19.1 Å². The molecule has 1 atom stereocenters. The molecule has 0 bridgehead atoms. The number of halogens is 2. The van der Waals surface area contributed by atoms with Gasteiger partial charge in [0.05, 0.1) is 0 Å². The Morgan fingerprint density at radius 3 is 2.67 bits per heavy atom. The number of hydrogen-bond donors (Lipinski definition) is 0. The van der Waals surface area contributed by atoms with Gasteiger partial charge in [-0.05, 0) is 0 Å². The van der Waals surface area contributed by atoms with Crippen LogP contribution >= 0.6 is 23.2 Å². The molecule has 0 aliphatic rings. The average molecular weight is 307 g/mol. The standard InChI is InChI=1S/C10H7Cl2NOSe/c1-6(5-13)15-10(14)7-2-3-8(11)9(12)4-7/h2-4,6H,1H3. The van der Waals surface area contributed by atoms with E-state index in [2.05, 4.69) is 0 Å². The summed E-state index contributed by atoms with van der Waals surface area (Å²) in [5.41, 5.74) is 0.520. The number of hydrogen-bond acceptors (Lipinski definition) is 2. The Morgan fingerprint density at radius 1 is 1.47 bits per heavy atom. The van der Waals surface area contributed by atoms with Gasteiger partial charge in [0.1, 0.15) is 0 Å². The molecular weight excluding hydrogens is 300 g/mol. The Balaban J connectivity index is 2.84. The summed E-state index contributed by atoms with van der Waals surface area (Å²) in [7, 11) is 0. The van der Waals surface area contributed by atoms with Gasteiger partial charge in [0.2, 0.25) is 0 Å². The Labute approximate surface area is 104 Å². The Hall–Kier alpha value is -0.521. The second-order valence-corrected chi connectivity index (χ2v) is 6.38. The van der Waals surface area contributed by atoms with Crippen molar-refractivity contribution in [3.63, 3.8) is 0 Å². The van der Waals surface area contributed by atoms with Crippen LogP contribution in [-0.2, 0) is 0 Å². The van der Waals surface area contributed by atoms with Gasteiger partial charge in [-0.25, -0.2) is 0 Å². The Kier molecular flexibility index (Phi) is 4.63. The molecule has 0 aliphatic heterocycles. The molecule has 0 radical (unpaired) electrons. The number of nitriles is 1. The molecule has 1 unspecified atom stereocenters. The van der Waals surface area contributed by atoms with Gasteiger partial charge in [0.15, 0.2) is 0 Å². The molecule has 0 heterocycles. The summed E-state index contributed by atoms with van der Waals surface area (Å²) >= 11 is 11.1. The molecule has 15 heavy (non-hydrogen) atoms. The number of carbonyl (C=O) groups is 1. The summed E-state index contributed by atoms with van der Waals surface area (Å²) in [6, 6.07) is 6.79. The fourth-order valence-electron chi connectivity index (χ4n) is 0.878. The number of carbonyl (C=O) groups excluding carboxylic acids is 1. The summed E-state index contributed by atoms with van der Waals surface area (Å²) in [5, 5.41) is 9.38. The summed E-state index contributed by atoms with van der Waals surface area (Å²) < 4.78 is -0.0323. The van der Waals surface area contributed by atoms with Gasteiger partial charge in [-0.2, -0.15) is 0 Å². The van der Waals surface area contributed by atoms with Crippen LogP contribution in [0.2, 0.25) is 14.9 Å². The third-order valence-electron chi connectivity index (χ3n) is 1.62. The fraction of sp³-hybridized carbons (Fsp3) is 0.200. The van der Waals surface area contributed by atoms with Crippen LogP contribution in [0.25, 0.3) is 0 Å². The number of nitrogens with zero attached hydrogens (tertiary/aromatic N) is 1. The van der Waals surface area contributed by atoms with Crippen molar-refractivity contribution in [1.82, 2.24) is 0 Å². The minimum absolute atomic E-state index is 0.0323. The zero-order valence-corrected chi connectivity index (χ0v) is 11.1. The fourth-order valence-corrected chi connectivity index (χ4v) is 2.51. The molecule has 0 aromatic heterocycles. The molecule has 0 amide bonds. The van der Waals surface area contributed by atoms with E-state index in [1.165, 1.54) is 6.07 Å². The van der Waals surface area contributed by atoms with Crippen molar-refractivity contribution < 1.29 is 4.79 Å². The van der Waals surface area contributed by atoms with Gasteiger partial charge >= 0.3 is 105 Å². The summed E-state index contributed by atoms with van der Waals surface area (Å²) in [5.74, 6) is 0. The van der Waals surface area contributed by atoms with E-state index in [-0.39, 0.29) is 24.5 Å². The average Bonchev–Trinajstić information content (AvgIpc) is 2.21. The monoisotopic (exact) mass is 307 g/mol. The van der Waals surface area contributed by atoms with E-state index < -0.39 is 0 Å². The van der Waals surface area contributed by atoms with Gasteiger partial charge in [0.25, 0.3) is 0 Å². The predicted octanol–water partition coefficient (Wildman–Crippen LogP) is 3.17. The van der Waals surface area contributed by atoms with Crippen LogP contribution < -0.4 is 0 Å². The summed E-state index contributed by atoms with van der Waals surface area (Å²) in [6.07, 6.45) is 0. The second-order valence-electron chi connectivity index (χ2n) is 2.81. The maximum atomic E-state index is 11.7. The van der Waals surface area contributed by atoms with Crippen molar-refractivity contribution in [2.45, 2.75) is 11.7 Å². The van der Waals surface area contributed by atoms with E-state index in [9.17, 15) is 4.79 Å². The van der Waals surface area contributed by atoms with Crippen molar-refractivity contribution in [3.8, 4) is 6.07 Å². The van der Waals surface area contributed by atoms with E-state index in [0.29, 0.717) is 15.6 Å². The Bertz CT molecular complexity index is 428. The maximum absolute atomic E-state index is 11.7. The molecule has 2 nitrogen and oxygen atoms in total. The van der Waals surface area contributed by atoms with Gasteiger partial charge < -0.3 is 0 Å². The van der Waals surface area contributed by atoms with Crippen LogP contribution in [0.1, 0.15) is 17.3 Å². The molecule has 0 saturated carbocycles. The minimum atomic E-state index is -0.369. The summed E-state index contributed by atoms with van der Waals surface area (Å²) in [6.45, 7) is 1.73. The molecule has 1 aromatic rings. The van der Waals surface area contributed by atoms with E-state index >= 15 is 0 Å². The van der Waals surface area contributed by atoms with Crippen molar-refractivity contribution in [2.75, 3.05) is 0 Å². The first-order valence-electron chi connectivity index (χ1n) is 4.10. The first-order chi connectivity index (χ1) is 7.04. The third kappa shape index (κ3) is 3.52. The molecule has 78 valence electrons. The number of rotatable bonds is 3. The normalized spacial score (nSPS) is 11.9. The Morgan fingerprint density at radius 2 is 2.13 bits per heavy atom. The van der Waals surface area contributed by atoms with Crippen LogP contribution in [0.5, 0.6) is 0 Å². The molecule has 1 aromatic carbocycles. The first kappa shape index (κ1) is 12.5. The van der Waals surface area contributed by atoms with Gasteiger partial charge in [-0.3, -0.25) is 0 Å². The van der Waals surface area contributed by atoms with Gasteiger partial charge in [0, 0.05) is 0 Å². The first-order valence-corrected chi connectivity index (χ1v) is 6.70. The molecular formula is C10H7Cl2NOSe. The molecule has 0 aliphatic carbocycles. The molecule has 0 spiro atoms. The third-order valence-corrected chi connectivity index (χ3v) is 4.27. The molecule has 0 N–H and O–H groups in total. The van der Waals surface area contributed by atoms with Crippen LogP contribution in [0.3, 0.4) is 0 Å². The quantitative estimate of drug-likeness (QED) is 0.805. The van der Waals surface area contributed by atoms with Gasteiger partial charge in [-0.1, -0.05) is 0 Å². The van der Waals surface area contributed by atoms with E-state index in [0.717, 1.165) is 0 Å².